The minimum atomic E-state index is -0.280. The van der Waals surface area contributed by atoms with Gasteiger partial charge in [-0.3, -0.25) is 0 Å². The van der Waals surface area contributed by atoms with Crippen molar-refractivity contribution in [2.45, 2.75) is 38.9 Å². The first-order valence-electron chi connectivity index (χ1n) is 5.43. The molecule has 0 radical (unpaired) electrons. The molecule has 1 fully saturated rings. The van der Waals surface area contributed by atoms with Crippen molar-refractivity contribution in [1.29, 1.82) is 0 Å². The Hall–Kier alpha value is -0.255. The zero-order chi connectivity index (χ0) is 12.2. The van der Waals surface area contributed by atoms with E-state index >= 15 is 0 Å². The lowest BCUT2D eigenvalue weighted by atomic mass is 9.90. The quantitative estimate of drug-likeness (QED) is 0.420. The first-order chi connectivity index (χ1) is 7.39. The molecular weight excluding hydrogens is 223 g/mol. The Morgan fingerprint density at radius 1 is 1.12 bits per heavy atom. The third-order valence-corrected chi connectivity index (χ3v) is 3.76. The largest absolute Gasteiger partial charge is 0.486 e. The van der Waals surface area contributed by atoms with E-state index in [1.807, 2.05) is 39.7 Å². The highest BCUT2D eigenvalue weighted by Crippen LogP contribution is 2.36. The predicted molar refractivity (Wildman–Crippen MR) is 68.6 cm³/mol. The molecule has 0 amide bonds. The Balaban J connectivity index is 2.39. The SMILES string of the molecule is CC1(C)OB(/C=C/CSCC=O)OC1(C)C. The van der Waals surface area contributed by atoms with Crippen LogP contribution in [0.15, 0.2) is 12.1 Å². The predicted octanol–water partition coefficient (Wildman–Crippen LogP) is 2.11. The molecule has 0 aliphatic carbocycles. The summed E-state index contributed by atoms with van der Waals surface area (Å²) in [6.07, 6.45) is 2.89. The van der Waals surface area contributed by atoms with Gasteiger partial charge < -0.3 is 14.1 Å². The second-order valence-corrected chi connectivity index (χ2v) is 5.83. The van der Waals surface area contributed by atoms with Crippen LogP contribution in [0.3, 0.4) is 0 Å². The first kappa shape index (κ1) is 13.8. The molecule has 0 aromatic carbocycles. The highest BCUT2D eigenvalue weighted by Gasteiger charge is 2.49. The summed E-state index contributed by atoms with van der Waals surface area (Å²) in [6.45, 7) is 8.12. The lowest BCUT2D eigenvalue weighted by molar-refractivity contribution is -0.105. The smallest absolute Gasteiger partial charge is 0.400 e. The van der Waals surface area contributed by atoms with Crippen molar-refractivity contribution in [1.82, 2.24) is 0 Å². The zero-order valence-electron chi connectivity index (χ0n) is 10.4. The molecule has 0 atom stereocenters. The number of hydrogen-bond acceptors (Lipinski definition) is 4. The molecular formula is C11H19BO3S. The van der Waals surface area contributed by atoms with Crippen LogP contribution in [0, 0.1) is 0 Å². The van der Waals surface area contributed by atoms with E-state index in [-0.39, 0.29) is 18.3 Å². The van der Waals surface area contributed by atoms with E-state index < -0.39 is 0 Å². The Kier molecular flexibility index (Phi) is 4.65. The summed E-state index contributed by atoms with van der Waals surface area (Å²) in [6, 6.07) is 0. The van der Waals surface area contributed by atoms with E-state index in [9.17, 15) is 4.79 Å². The summed E-state index contributed by atoms with van der Waals surface area (Å²) in [4.78, 5) is 10.1. The van der Waals surface area contributed by atoms with Crippen LogP contribution in [0.25, 0.3) is 0 Å². The van der Waals surface area contributed by atoms with Crippen molar-refractivity contribution in [2.24, 2.45) is 0 Å². The van der Waals surface area contributed by atoms with Gasteiger partial charge in [-0.05, 0) is 27.7 Å². The van der Waals surface area contributed by atoms with Gasteiger partial charge in [0.25, 0.3) is 0 Å². The van der Waals surface area contributed by atoms with Gasteiger partial charge in [0.2, 0.25) is 0 Å². The van der Waals surface area contributed by atoms with Crippen LogP contribution in [-0.4, -0.2) is 36.1 Å². The van der Waals surface area contributed by atoms with Crippen molar-refractivity contribution in [3.05, 3.63) is 12.1 Å². The van der Waals surface area contributed by atoms with Crippen LogP contribution >= 0.6 is 11.8 Å². The molecule has 0 aromatic heterocycles. The van der Waals surface area contributed by atoms with Crippen LogP contribution in [-0.2, 0) is 14.1 Å². The molecule has 0 spiro atoms. The highest BCUT2D eigenvalue weighted by molar-refractivity contribution is 8.00. The molecule has 1 rings (SSSR count). The zero-order valence-corrected chi connectivity index (χ0v) is 11.2. The highest BCUT2D eigenvalue weighted by atomic mass is 32.2. The molecule has 0 N–H and O–H groups in total. The van der Waals surface area contributed by atoms with Gasteiger partial charge in [-0.25, -0.2) is 0 Å². The van der Waals surface area contributed by atoms with Crippen LogP contribution in [0.4, 0.5) is 0 Å². The Morgan fingerprint density at radius 3 is 2.19 bits per heavy atom. The summed E-state index contributed by atoms with van der Waals surface area (Å²) in [5.41, 5.74) is -0.560. The van der Waals surface area contributed by atoms with E-state index in [2.05, 4.69) is 0 Å². The Bertz CT molecular complexity index is 260. The van der Waals surface area contributed by atoms with Gasteiger partial charge in [-0.1, -0.05) is 12.1 Å². The third kappa shape index (κ3) is 3.37. The first-order valence-corrected chi connectivity index (χ1v) is 6.58. The molecule has 90 valence electrons. The lowest BCUT2D eigenvalue weighted by Crippen LogP contribution is -2.41. The molecule has 3 nitrogen and oxygen atoms in total. The van der Waals surface area contributed by atoms with Gasteiger partial charge in [0.15, 0.2) is 0 Å². The molecule has 1 aliphatic rings. The van der Waals surface area contributed by atoms with Crippen LogP contribution in [0.5, 0.6) is 0 Å². The number of carbonyl (C=O) groups excluding carboxylic acids is 1. The van der Waals surface area contributed by atoms with Crippen molar-refractivity contribution in [3.8, 4) is 0 Å². The van der Waals surface area contributed by atoms with Crippen molar-refractivity contribution in [3.63, 3.8) is 0 Å². The van der Waals surface area contributed by atoms with Crippen molar-refractivity contribution in [2.75, 3.05) is 11.5 Å². The summed E-state index contributed by atoms with van der Waals surface area (Å²) >= 11 is 1.57. The van der Waals surface area contributed by atoms with Gasteiger partial charge in [-0.15, -0.1) is 0 Å². The van der Waals surface area contributed by atoms with Crippen LogP contribution < -0.4 is 0 Å². The summed E-state index contributed by atoms with van der Waals surface area (Å²) in [5.74, 6) is 3.25. The number of thioether (sulfide) groups is 1. The van der Waals surface area contributed by atoms with Crippen molar-refractivity contribution >= 4 is 25.2 Å². The lowest BCUT2D eigenvalue weighted by Gasteiger charge is -2.32. The maximum absolute atomic E-state index is 10.1. The monoisotopic (exact) mass is 242 g/mol. The molecule has 1 heterocycles. The fraction of sp³-hybridized carbons (Fsp3) is 0.727. The average molecular weight is 242 g/mol. The second kappa shape index (κ2) is 5.38. The fourth-order valence-electron chi connectivity index (χ4n) is 1.32. The van der Waals surface area contributed by atoms with Crippen molar-refractivity contribution < 1.29 is 14.1 Å². The second-order valence-electron chi connectivity index (χ2n) is 4.76. The average Bonchev–Trinajstić information content (AvgIpc) is 2.35. The van der Waals surface area contributed by atoms with Gasteiger partial charge in [0.1, 0.15) is 6.29 Å². The van der Waals surface area contributed by atoms with E-state index in [0.29, 0.717) is 5.75 Å². The van der Waals surface area contributed by atoms with Crippen LogP contribution in [0.1, 0.15) is 27.7 Å². The molecule has 16 heavy (non-hydrogen) atoms. The Labute approximate surface area is 102 Å². The number of rotatable bonds is 5. The standard InChI is InChI=1S/C11H19BO3S/c1-10(2)11(3,4)15-12(14-10)6-5-8-16-9-7-13/h5-7H,8-9H2,1-4H3/b6-5+. The molecule has 0 unspecified atom stereocenters. The minimum absolute atomic E-state index is 0.276. The van der Waals surface area contributed by atoms with Gasteiger partial charge in [-0.2, -0.15) is 11.8 Å². The van der Waals surface area contributed by atoms with E-state index in [1.54, 1.807) is 11.8 Å². The number of hydrogen-bond donors (Lipinski definition) is 0. The minimum Gasteiger partial charge on any atom is -0.400 e. The maximum Gasteiger partial charge on any atom is 0.486 e. The molecule has 0 aromatic rings. The number of aldehydes is 1. The van der Waals surface area contributed by atoms with E-state index in [4.69, 9.17) is 9.31 Å². The molecule has 0 saturated carbocycles. The van der Waals surface area contributed by atoms with Gasteiger partial charge in [0, 0.05) is 11.5 Å². The summed E-state index contributed by atoms with van der Waals surface area (Å²) < 4.78 is 11.6. The van der Waals surface area contributed by atoms with Gasteiger partial charge in [0.05, 0.1) is 11.2 Å². The van der Waals surface area contributed by atoms with E-state index in [0.717, 1.165) is 12.0 Å². The topological polar surface area (TPSA) is 35.5 Å². The number of carbonyl (C=O) groups is 1. The molecule has 5 heteroatoms. The van der Waals surface area contributed by atoms with Gasteiger partial charge >= 0.3 is 7.12 Å². The molecule has 1 saturated heterocycles. The normalized spacial score (nSPS) is 22.9. The van der Waals surface area contributed by atoms with Crippen LogP contribution in [0.2, 0.25) is 0 Å². The molecule has 1 aliphatic heterocycles. The summed E-state index contributed by atoms with van der Waals surface area (Å²) in [7, 11) is -0.276. The maximum atomic E-state index is 10.1. The summed E-state index contributed by atoms with van der Waals surface area (Å²) in [5, 5.41) is 0. The molecule has 0 bridgehead atoms. The Morgan fingerprint density at radius 2 is 1.69 bits per heavy atom. The fourth-order valence-corrected chi connectivity index (χ4v) is 1.80. The van der Waals surface area contributed by atoms with E-state index in [1.165, 1.54) is 0 Å². The third-order valence-electron chi connectivity index (χ3n) is 2.96.